The number of morpholine rings is 1. The highest BCUT2D eigenvalue weighted by molar-refractivity contribution is 6.28. The van der Waals surface area contributed by atoms with Crippen LogP contribution in [0.3, 0.4) is 0 Å². The van der Waals surface area contributed by atoms with Crippen molar-refractivity contribution in [2.75, 3.05) is 38.3 Å². The first-order valence-electron chi connectivity index (χ1n) is 11.5. The second-order valence-electron chi connectivity index (χ2n) is 8.59. The van der Waals surface area contributed by atoms with Gasteiger partial charge in [0.05, 0.1) is 43.8 Å². The number of hydrogen-bond acceptors (Lipinski definition) is 8. The maximum Gasteiger partial charge on any atom is 0.222 e. The van der Waals surface area contributed by atoms with E-state index < -0.39 is 0 Å². The maximum absolute atomic E-state index is 6.53. The Morgan fingerprint density at radius 3 is 2.61 bits per heavy atom. The van der Waals surface area contributed by atoms with E-state index in [0.717, 1.165) is 86.6 Å². The highest BCUT2D eigenvalue weighted by Crippen LogP contribution is 2.35. The van der Waals surface area contributed by atoms with Gasteiger partial charge in [-0.05, 0) is 55.7 Å². The normalized spacial score (nSPS) is 21.2. The van der Waals surface area contributed by atoms with Gasteiger partial charge in [-0.1, -0.05) is 0 Å². The number of hydrogen-bond donors (Lipinski definition) is 0. The first kappa shape index (κ1) is 22.1. The van der Waals surface area contributed by atoms with E-state index in [9.17, 15) is 0 Å². The molecule has 1 aliphatic carbocycles. The number of nitrogens with zero attached hydrogens (tertiary/aromatic N) is 5. The summed E-state index contributed by atoms with van der Waals surface area (Å²) in [7, 11) is 1.64. The van der Waals surface area contributed by atoms with Crippen molar-refractivity contribution in [2.45, 2.75) is 38.2 Å². The van der Waals surface area contributed by atoms with Gasteiger partial charge in [-0.3, -0.25) is 4.98 Å². The minimum absolute atomic E-state index is 0.155. The molecule has 0 atom stereocenters. The molecule has 8 nitrogen and oxygen atoms in total. The molecule has 0 amide bonds. The van der Waals surface area contributed by atoms with Crippen molar-refractivity contribution >= 4 is 28.3 Å². The average Bonchev–Trinajstić information content (AvgIpc) is 2.86. The Kier molecular flexibility index (Phi) is 6.73. The third-order valence-electron chi connectivity index (χ3n) is 6.49. The maximum atomic E-state index is 6.53. The quantitative estimate of drug-likeness (QED) is 0.499. The molecule has 0 unspecified atom stereocenters. The van der Waals surface area contributed by atoms with Crippen LogP contribution in [0.4, 0.5) is 5.69 Å². The summed E-state index contributed by atoms with van der Waals surface area (Å²) in [5.41, 5.74) is 3.67. The molecule has 3 heterocycles. The number of methoxy groups -OCH3 is 1. The summed E-state index contributed by atoms with van der Waals surface area (Å²) in [5.74, 6) is 2.03. The average molecular weight is 470 g/mol. The van der Waals surface area contributed by atoms with Crippen molar-refractivity contribution in [2.24, 2.45) is 5.92 Å². The predicted molar refractivity (Wildman–Crippen MR) is 126 cm³/mol. The number of anilines is 1. The van der Waals surface area contributed by atoms with Crippen LogP contribution in [-0.2, 0) is 11.2 Å². The second-order valence-corrected chi connectivity index (χ2v) is 8.92. The van der Waals surface area contributed by atoms with Gasteiger partial charge in [-0.2, -0.15) is 0 Å². The summed E-state index contributed by atoms with van der Waals surface area (Å²) in [5, 5.41) is 0.260. The minimum Gasteiger partial charge on any atom is -0.493 e. The molecule has 2 aliphatic rings. The molecule has 2 fully saturated rings. The Morgan fingerprint density at radius 1 is 1.03 bits per heavy atom. The van der Waals surface area contributed by atoms with Gasteiger partial charge in [0.2, 0.25) is 5.28 Å². The van der Waals surface area contributed by atoms with E-state index in [1.165, 1.54) is 0 Å². The van der Waals surface area contributed by atoms with Gasteiger partial charge in [0.15, 0.2) is 5.75 Å². The molecule has 33 heavy (non-hydrogen) atoms. The van der Waals surface area contributed by atoms with Crippen LogP contribution in [0.2, 0.25) is 5.28 Å². The first-order chi connectivity index (χ1) is 16.2. The molecule has 0 spiro atoms. The monoisotopic (exact) mass is 469 g/mol. The lowest BCUT2D eigenvalue weighted by molar-refractivity contribution is 0.122. The van der Waals surface area contributed by atoms with Gasteiger partial charge < -0.3 is 19.1 Å². The number of fused-ring (bicyclic) bond motifs is 1. The molecule has 2 aromatic heterocycles. The van der Waals surface area contributed by atoms with Crippen molar-refractivity contribution in [3.05, 3.63) is 41.7 Å². The Bertz CT molecular complexity index is 1100. The van der Waals surface area contributed by atoms with Gasteiger partial charge in [0.1, 0.15) is 11.3 Å². The molecule has 0 N–H and O–H groups in total. The Hall–Kier alpha value is -2.71. The van der Waals surface area contributed by atoms with Gasteiger partial charge >= 0.3 is 0 Å². The zero-order valence-electron chi connectivity index (χ0n) is 18.7. The first-order valence-corrected chi connectivity index (χ1v) is 11.9. The van der Waals surface area contributed by atoms with Crippen LogP contribution in [0.1, 0.15) is 31.4 Å². The van der Waals surface area contributed by atoms with Gasteiger partial charge in [0, 0.05) is 37.2 Å². The number of benzene rings is 1. The van der Waals surface area contributed by atoms with Crippen LogP contribution in [0.15, 0.2) is 30.7 Å². The van der Waals surface area contributed by atoms with Crippen LogP contribution in [0.5, 0.6) is 11.5 Å². The fourth-order valence-electron chi connectivity index (χ4n) is 4.73. The molecule has 3 aromatic rings. The summed E-state index contributed by atoms with van der Waals surface area (Å²) in [6.07, 6.45) is 10.2. The highest BCUT2D eigenvalue weighted by atomic mass is 35.5. The number of rotatable bonds is 6. The summed E-state index contributed by atoms with van der Waals surface area (Å²) in [6, 6.07) is 4.21. The van der Waals surface area contributed by atoms with Crippen molar-refractivity contribution < 1.29 is 14.2 Å². The van der Waals surface area contributed by atoms with Crippen molar-refractivity contribution in [1.82, 2.24) is 19.9 Å². The standard InChI is InChI=1S/C24H28ClN5O3/c1-31-22-15-28-24(25)29-19(22)12-16-2-4-18(5-3-16)33-21-14-17(30-8-10-32-11-9-30)13-20-23(21)27-7-6-26-20/h6-7,13-16,18H,2-5,8-12H2,1H3. The summed E-state index contributed by atoms with van der Waals surface area (Å²) in [6.45, 7) is 3.21. The SMILES string of the molecule is COc1cnc(Cl)nc1CC1CCC(Oc2cc(N3CCOCC3)cc3nccnc23)CC1. The van der Waals surface area contributed by atoms with Crippen LogP contribution in [0.25, 0.3) is 11.0 Å². The van der Waals surface area contributed by atoms with E-state index in [4.69, 9.17) is 25.8 Å². The molecular formula is C24H28ClN5O3. The lowest BCUT2D eigenvalue weighted by Crippen LogP contribution is -2.36. The third-order valence-corrected chi connectivity index (χ3v) is 6.67. The Balaban J connectivity index is 1.28. The van der Waals surface area contributed by atoms with Gasteiger partial charge in [-0.25, -0.2) is 15.0 Å². The summed E-state index contributed by atoms with van der Waals surface area (Å²) < 4.78 is 17.5. The molecule has 1 aromatic carbocycles. The minimum atomic E-state index is 0.155. The molecule has 0 radical (unpaired) electrons. The zero-order chi connectivity index (χ0) is 22.6. The second kappa shape index (κ2) is 10.1. The topological polar surface area (TPSA) is 82.5 Å². The van der Waals surface area contributed by atoms with Crippen LogP contribution < -0.4 is 14.4 Å². The molecule has 1 aliphatic heterocycles. The number of aromatic nitrogens is 4. The zero-order valence-corrected chi connectivity index (χ0v) is 19.5. The molecule has 174 valence electrons. The van der Waals surface area contributed by atoms with Gasteiger partial charge in [-0.15, -0.1) is 0 Å². The Morgan fingerprint density at radius 2 is 1.82 bits per heavy atom. The van der Waals surface area contributed by atoms with Crippen LogP contribution in [-0.4, -0.2) is 59.5 Å². The lowest BCUT2D eigenvalue weighted by Gasteiger charge is -2.31. The third kappa shape index (κ3) is 5.12. The van der Waals surface area contributed by atoms with Crippen LogP contribution in [0, 0.1) is 5.92 Å². The van der Waals surface area contributed by atoms with E-state index in [-0.39, 0.29) is 11.4 Å². The fourth-order valence-corrected chi connectivity index (χ4v) is 4.88. The van der Waals surface area contributed by atoms with Crippen LogP contribution >= 0.6 is 11.6 Å². The summed E-state index contributed by atoms with van der Waals surface area (Å²) in [4.78, 5) is 19.8. The highest BCUT2D eigenvalue weighted by Gasteiger charge is 2.25. The fraction of sp³-hybridized carbons (Fsp3) is 0.500. The molecule has 1 saturated heterocycles. The lowest BCUT2D eigenvalue weighted by atomic mass is 9.84. The predicted octanol–water partition coefficient (Wildman–Crippen LogP) is 4.10. The molecule has 1 saturated carbocycles. The van der Waals surface area contributed by atoms with Crippen molar-refractivity contribution in [1.29, 1.82) is 0 Å². The van der Waals surface area contributed by atoms with E-state index in [2.05, 4.69) is 37.0 Å². The van der Waals surface area contributed by atoms with Gasteiger partial charge in [0.25, 0.3) is 0 Å². The van der Waals surface area contributed by atoms with E-state index in [1.54, 1.807) is 25.7 Å². The van der Waals surface area contributed by atoms with Crippen molar-refractivity contribution in [3.8, 4) is 11.5 Å². The number of halogens is 1. The van der Waals surface area contributed by atoms with Crippen molar-refractivity contribution in [3.63, 3.8) is 0 Å². The van der Waals surface area contributed by atoms with E-state index >= 15 is 0 Å². The largest absolute Gasteiger partial charge is 0.493 e. The summed E-state index contributed by atoms with van der Waals surface area (Å²) >= 11 is 6.00. The Labute approximate surface area is 198 Å². The molecule has 5 rings (SSSR count). The molecule has 9 heteroatoms. The molecular weight excluding hydrogens is 442 g/mol. The smallest absolute Gasteiger partial charge is 0.222 e. The number of ether oxygens (including phenoxy) is 3. The molecule has 0 bridgehead atoms. The van der Waals surface area contributed by atoms with E-state index in [1.807, 2.05) is 0 Å². The van der Waals surface area contributed by atoms with E-state index in [0.29, 0.717) is 11.7 Å².